The van der Waals surface area contributed by atoms with E-state index in [1.165, 1.54) is 27.1 Å². The van der Waals surface area contributed by atoms with Gasteiger partial charge < -0.3 is 34.8 Å². The molecule has 69 heavy (non-hydrogen) atoms. The van der Waals surface area contributed by atoms with Crippen LogP contribution in [-0.4, -0.2) is 95.7 Å². The van der Waals surface area contributed by atoms with Crippen LogP contribution >= 0.6 is 11.3 Å². The number of carbonyl (C=O) groups excluding carboxylic acids is 3. The highest BCUT2D eigenvalue weighted by Gasteiger charge is 2.42. The second kappa shape index (κ2) is 26.3. The zero-order valence-corrected chi connectivity index (χ0v) is 42.8. The highest BCUT2D eigenvalue weighted by Crippen LogP contribution is 2.50. The van der Waals surface area contributed by atoms with Crippen molar-refractivity contribution in [3.63, 3.8) is 0 Å². The van der Waals surface area contributed by atoms with Crippen LogP contribution in [0, 0.1) is 54.3 Å². The minimum absolute atomic E-state index is 0.0308. The number of ether oxygens (including phenoxy) is 3. The van der Waals surface area contributed by atoms with Gasteiger partial charge in [-0.05, 0) is 172 Å². The van der Waals surface area contributed by atoms with Crippen molar-refractivity contribution in [2.45, 2.75) is 161 Å². The molecule has 4 aliphatic rings. The maximum absolute atomic E-state index is 13.5. The fourth-order valence-electron chi connectivity index (χ4n) is 12.3. The van der Waals surface area contributed by atoms with Gasteiger partial charge in [-0.3, -0.25) is 14.4 Å². The predicted octanol–water partition coefficient (Wildman–Crippen LogP) is 9.98. The van der Waals surface area contributed by atoms with E-state index < -0.39 is 12.1 Å². The summed E-state index contributed by atoms with van der Waals surface area (Å²) >= 11 is 1.66. The highest BCUT2D eigenvalue weighted by atomic mass is 32.1. The summed E-state index contributed by atoms with van der Waals surface area (Å²) < 4.78 is 17.2. The number of aliphatic hydroxyl groups is 2. The average Bonchev–Trinajstić information content (AvgIpc) is 3.88. The van der Waals surface area contributed by atoms with Crippen LogP contribution in [0.2, 0.25) is 0 Å². The molecule has 0 bridgehead atoms. The standard InChI is InChI=1S/C57H82N2O9S/c1-36(2)56(52(63)20-14-40-27-46(32-49(62)28-40)53(64)33-44-30-43(44)26-39-12-15-41(16-13-39)57-38(4)58-35-69-57)59-54(65)34-68-25-24-67-23-22-66-21-6-5-8-42-29-45-31-48(61)18-19-50(45)51-10-7-9-47(60)17-11-37(3)55(42)51/h12-13,15-16,18-19,31,35-37,40,42-44,46-47,49,51,55-56,60-62H,5-11,14,17,20-30,32-34H2,1-4H3,(H,59,65). The number of carbonyl (C=O) groups is 3. The monoisotopic (exact) mass is 971 g/mol. The number of aliphatic hydroxyl groups excluding tert-OH is 2. The zero-order chi connectivity index (χ0) is 48.9. The van der Waals surface area contributed by atoms with Gasteiger partial charge in [0, 0.05) is 25.4 Å². The summed E-state index contributed by atoms with van der Waals surface area (Å²) in [4.78, 5) is 45.4. The summed E-state index contributed by atoms with van der Waals surface area (Å²) in [5.74, 6) is 3.14. The van der Waals surface area contributed by atoms with Crippen molar-refractivity contribution in [1.82, 2.24) is 10.3 Å². The Kier molecular flexibility index (Phi) is 20.3. The van der Waals surface area contributed by atoms with Crippen molar-refractivity contribution in [2.24, 2.45) is 47.3 Å². The van der Waals surface area contributed by atoms with Gasteiger partial charge in [-0.15, -0.1) is 11.3 Å². The van der Waals surface area contributed by atoms with E-state index in [1.807, 2.05) is 38.4 Å². The van der Waals surface area contributed by atoms with E-state index in [0.29, 0.717) is 106 Å². The molecule has 3 fully saturated rings. The summed E-state index contributed by atoms with van der Waals surface area (Å²) in [7, 11) is 0. The molecule has 12 heteroatoms. The van der Waals surface area contributed by atoms with Crippen molar-refractivity contribution in [3.05, 3.63) is 70.4 Å². The van der Waals surface area contributed by atoms with Crippen LogP contribution in [0.1, 0.15) is 145 Å². The van der Waals surface area contributed by atoms with Gasteiger partial charge in [-0.25, -0.2) is 4.98 Å². The molecule has 1 amide bonds. The summed E-state index contributed by atoms with van der Waals surface area (Å²) in [6.45, 7) is 10.3. The van der Waals surface area contributed by atoms with Crippen molar-refractivity contribution >= 4 is 28.8 Å². The number of rotatable bonds is 25. The van der Waals surface area contributed by atoms with Gasteiger partial charge in [0.05, 0.1) is 60.8 Å². The van der Waals surface area contributed by atoms with E-state index in [2.05, 4.69) is 47.6 Å². The Hall–Kier alpha value is -3.52. The minimum Gasteiger partial charge on any atom is -0.508 e. The van der Waals surface area contributed by atoms with Crippen LogP contribution in [0.4, 0.5) is 0 Å². The Morgan fingerprint density at radius 1 is 0.826 bits per heavy atom. The maximum Gasteiger partial charge on any atom is 0.246 e. The number of aromatic hydroxyl groups is 1. The van der Waals surface area contributed by atoms with Gasteiger partial charge in [-0.2, -0.15) is 0 Å². The number of unbranched alkanes of at least 4 members (excludes halogenated alkanes) is 1. The molecule has 4 aliphatic carbocycles. The molecule has 3 aromatic rings. The molecule has 2 aromatic carbocycles. The normalized spacial score (nSPS) is 27.3. The lowest BCUT2D eigenvalue weighted by Crippen LogP contribution is -2.46. The summed E-state index contributed by atoms with van der Waals surface area (Å²) in [6.07, 6.45) is 13.7. The first-order chi connectivity index (χ1) is 33.3. The Labute approximate surface area is 415 Å². The fourth-order valence-corrected chi connectivity index (χ4v) is 13.1. The van der Waals surface area contributed by atoms with E-state index in [9.17, 15) is 29.7 Å². The molecule has 0 spiro atoms. The summed E-state index contributed by atoms with van der Waals surface area (Å²) in [5, 5.41) is 34.4. The third-order valence-corrected chi connectivity index (χ3v) is 17.1. The quantitative estimate of drug-likeness (QED) is 0.0601. The number of aromatic nitrogens is 1. The van der Waals surface area contributed by atoms with Crippen LogP contribution in [0.5, 0.6) is 5.75 Å². The molecular formula is C57H82N2O9S. The first-order valence-electron chi connectivity index (χ1n) is 26.6. The molecule has 380 valence electrons. The summed E-state index contributed by atoms with van der Waals surface area (Å²) in [6, 6.07) is 14.1. The number of fused-ring (bicyclic) bond motifs is 3. The number of hydrogen-bond donors (Lipinski definition) is 4. The molecular weight excluding hydrogens is 889 g/mol. The molecule has 0 saturated heterocycles. The lowest BCUT2D eigenvalue weighted by molar-refractivity contribution is -0.132. The van der Waals surface area contributed by atoms with Crippen molar-refractivity contribution < 1.29 is 43.9 Å². The second-order valence-electron chi connectivity index (χ2n) is 21.8. The molecule has 0 radical (unpaired) electrons. The lowest BCUT2D eigenvalue weighted by Gasteiger charge is -2.43. The number of nitrogens with zero attached hydrogens (tertiary/aromatic N) is 1. The molecule has 7 rings (SSSR count). The molecule has 4 N–H and O–H groups in total. The SMILES string of the molecule is Cc1ncsc1-c1ccc(CC2CC2CC(=O)C2CC(O)CC(CCC(=O)C(NC(=O)COCCOCCOCCCCC3Cc4cc(O)ccc4C4CCCC(O)CCC(C)C34)C(C)C)C2)cc1. The molecule has 11 atom stereocenters. The minimum atomic E-state index is -0.629. The number of aryl methyl sites for hydroxylation is 1. The zero-order valence-electron chi connectivity index (χ0n) is 42.0. The Morgan fingerprint density at radius 2 is 1.59 bits per heavy atom. The number of amides is 1. The number of nitrogens with one attached hydrogen (secondary N) is 1. The first kappa shape index (κ1) is 53.3. The van der Waals surface area contributed by atoms with Crippen LogP contribution in [0.15, 0.2) is 48.0 Å². The largest absolute Gasteiger partial charge is 0.508 e. The number of phenols is 1. The molecule has 0 aliphatic heterocycles. The van der Waals surface area contributed by atoms with Crippen molar-refractivity contribution in [2.75, 3.05) is 39.6 Å². The average molecular weight is 971 g/mol. The topological polar surface area (TPSA) is 165 Å². The van der Waals surface area contributed by atoms with Crippen LogP contribution in [0.25, 0.3) is 10.4 Å². The van der Waals surface area contributed by atoms with E-state index in [1.54, 1.807) is 11.3 Å². The van der Waals surface area contributed by atoms with Gasteiger partial charge in [0.1, 0.15) is 18.1 Å². The summed E-state index contributed by atoms with van der Waals surface area (Å²) in [5.41, 5.74) is 8.13. The number of Topliss-reactive ketones (excluding diaryl/α,β-unsaturated/α-hetero) is 2. The maximum atomic E-state index is 13.5. The van der Waals surface area contributed by atoms with E-state index in [4.69, 9.17) is 14.2 Å². The second-order valence-corrected chi connectivity index (χ2v) is 22.6. The lowest BCUT2D eigenvalue weighted by atomic mass is 9.61. The van der Waals surface area contributed by atoms with Crippen LogP contribution < -0.4 is 5.32 Å². The van der Waals surface area contributed by atoms with Crippen molar-refractivity contribution in [1.29, 1.82) is 0 Å². The van der Waals surface area contributed by atoms with Gasteiger partial charge >= 0.3 is 0 Å². The predicted molar refractivity (Wildman–Crippen MR) is 271 cm³/mol. The molecule has 1 heterocycles. The first-order valence-corrected chi connectivity index (χ1v) is 27.5. The Morgan fingerprint density at radius 3 is 2.35 bits per heavy atom. The van der Waals surface area contributed by atoms with E-state index in [0.717, 1.165) is 76.3 Å². The van der Waals surface area contributed by atoms with Gasteiger partial charge in [0.2, 0.25) is 5.91 Å². The van der Waals surface area contributed by atoms with Crippen LogP contribution in [0.3, 0.4) is 0 Å². The van der Waals surface area contributed by atoms with Gasteiger partial charge in [0.15, 0.2) is 5.78 Å². The van der Waals surface area contributed by atoms with Gasteiger partial charge in [-0.1, -0.05) is 63.9 Å². The number of benzene rings is 2. The van der Waals surface area contributed by atoms with Crippen molar-refractivity contribution in [3.8, 4) is 16.2 Å². The smallest absolute Gasteiger partial charge is 0.246 e. The Bertz CT molecular complexity index is 2090. The third kappa shape index (κ3) is 15.7. The molecule has 11 unspecified atom stereocenters. The molecule has 3 saturated carbocycles. The molecule has 11 nitrogen and oxygen atoms in total. The van der Waals surface area contributed by atoms with E-state index in [-0.39, 0.29) is 54.5 Å². The number of thiazole rings is 1. The van der Waals surface area contributed by atoms with E-state index >= 15 is 0 Å². The Balaban J connectivity index is 0.724. The fraction of sp³-hybridized carbons (Fsp3) is 0.684. The highest BCUT2D eigenvalue weighted by molar-refractivity contribution is 7.13. The molecule has 1 aromatic heterocycles. The number of hydrogen-bond acceptors (Lipinski definition) is 11. The number of phenolic OH excluding ortho intramolecular Hbond substituents is 1. The van der Waals surface area contributed by atoms with Crippen LogP contribution in [-0.2, 0) is 41.4 Å². The van der Waals surface area contributed by atoms with Gasteiger partial charge in [0.25, 0.3) is 0 Å². The third-order valence-electron chi connectivity index (χ3n) is 16.1. The number of ketones is 2.